The highest BCUT2D eigenvalue weighted by atomic mass is 16.2. The number of anilines is 1. The summed E-state index contributed by atoms with van der Waals surface area (Å²) in [5, 5.41) is 0. The maximum Gasteiger partial charge on any atom is 0.226 e. The molecule has 1 aromatic carbocycles. The highest BCUT2D eigenvalue weighted by Crippen LogP contribution is 2.31. The summed E-state index contributed by atoms with van der Waals surface area (Å²) < 4.78 is 0. The largest absolute Gasteiger partial charge is 0.309 e. The molecule has 2 heteroatoms. The van der Waals surface area contributed by atoms with E-state index >= 15 is 0 Å². The fraction of sp³-hybridized carbons (Fsp3) is 0.417. The highest BCUT2D eigenvalue weighted by molar-refractivity contribution is 5.95. The van der Waals surface area contributed by atoms with Gasteiger partial charge in [-0.3, -0.25) is 4.79 Å². The SMILES string of the molecule is CCC(=O)N1c2ccccc2C[C@@H]1C. The molecule has 0 aliphatic carbocycles. The molecule has 1 aromatic rings. The van der Waals surface area contributed by atoms with Gasteiger partial charge < -0.3 is 4.90 Å². The molecule has 1 atom stereocenters. The second-order valence-electron chi connectivity index (χ2n) is 3.80. The Hall–Kier alpha value is -1.31. The number of amides is 1. The molecule has 14 heavy (non-hydrogen) atoms. The molecule has 0 unspecified atom stereocenters. The normalized spacial score (nSPS) is 19.6. The number of hydrogen-bond acceptors (Lipinski definition) is 1. The van der Waals surface area contributed by atoms with Crippen molar-refractivity contribution >= 4 is 11.6 Å². The molecular formula is C12H15NO. The van der Waals surface area contributed by atoms with Crippen molar-refractivity contribution in [3.05, 3.63) is 29.8 Å². The Bertz CT molecular complexity index is 359. The van der Waals surface area contributed by atoms with Crippen molar-refractivity contribution in [3.63, 3.8) is 0 Å². The predicted molar refractivity (Wildman–Crippen MR) is 57.4 cm³/mol. The van der Waals surface area contributed by atoms with Crippen LogP contribution in [0.25, 0.3) is 0 Å². The Morgan fingerprint density at radius 1 is 1.50 bits per heavy atom. The van der Waals surface area contributed by atoms with Crippen LogP contribution < -0.4 is 4.90 Å². The van der Waals surface area contributed by atoms with Gasteiger partial charge in [0.15, 0.2) is 0 Å². The highest BCUT2D eigenvalue weighted by Gasteiger charge is 2.29. The van der Waals surface area contributed by atoms with E-state index in [2.05, 4.69) is 13.0 Å². The van der Waals surface area contributed by atoms with Crippen molar-refractivity contribution in [2.45, 2.75) is 32.7 Å². The number of carbonyl (C=O) groups is 1. The number of carbonyl (C=O) groups excluding carboxylic acids is 1. The molecule has 0 N–H and O–H groups in total. The van der Waals surface area contributed by atoms with Crippen LogP contribution in [0.15, 0.2) is 24.3 Å². The first-order valence-electron chi connectivity index (χ1n) is 5.14. The van der Waals surface area contributed by atoms with Gasteiger partial charge in [0, 0.05) is 18.2 Å². The van der Waals surface area contributed by atoms with Crippen LogP contribution in [0.5, 0.6) is 0 Å². The summed E-state index contributed by atoms with van der Waals surface area (Å²) in [6, 6.07) is 8.49. The second kappa shape index (κ2) is 3.45. The van der Waals surface area contributed by atoms with Crippen LogP contribution in [0.4, 0.5) is 5.69 Å². The zero-order valence-corrected chi connectivity index (χ0v) is 8.66. The molecule has 0 spiro atoms. The lowest BCUT2D eigenvalue weighted by molar-refractivity contribution is -0.118. The minimum absolute atomic E-state index is 0.224. The minimum atomic E-state index is 0.224. The van der Waals surface area contributed by atoms with Gasteiger partial charge in [-0.25, -0.2) is 0 Å². The van der Waals surface area contributed by atoms with Gasteiger partial charge in [0.05, 0.1) is 0 Å². The van der Waals surface area contributed by atoms with Gasteiger partial charge in [-0.15, -0.1) is 0 Å². The number of fused-ring (bicyclic) bond motifs is 1. The van der Waals surface area contributed by atoms with Crippen LogP contribution in [0, 0.1) is 0 Å². The number of nitrogens with zero attached hydrogens (tertiary/aromatic N) is 1. The zero-order valence-electron chi connectivity index (χ0n) is 8.66. The van der Waals surface area contributed by atoms with E-state index in [1.54, 1.807) is 0 Å². The molecule has 0 bridgehead atoms. The summed E-state index contributed by atoms with van der Waals surface area (Å²) in [6.45, 7) is 4.02. The van der Waals surface area contributed by atoms with Crippen LogP contribution in [-0.4, -0.2) is 11.9 Å². The topological polar surface area (TPSA) is 20.3 Å². The predicted octanol–water partition coefficient (Wildman–Crippen LogP) is 2.37. The van der Waals surface area contributed by atoms with Gasteiger partial charge in [0.25, 0.3) is 0 Å². The fourth-order valence-electron chi connectivity index (χ4n) is 2.12. The lowest BCUT2D eigenvalue weighted by Gasteiger charge is -2.21. The van der Waals surface area contributed by atoms with Crippen molar-refractivity contribution < 1.29 is 4.79 Å². The van der Waals surface area contributed by atoms with Gasteiger partial charge in [-0.1, -0.05) is 25.1 Å². The van der Waals surface area contributed by atoms with E-state index < -0.39 is 0 Å². The van der Waals surface area contributed by atoms with E-state index in [0.29, 0.717) is 12.5 Å². The van der Waals surface area contributed by atoms with Gasteiger partial charge in [-0.2, -0.15) is 0 Å². The Balaban J connectivity index is 2.39. The molecule has 1 heterocycles. The Kier molecular flexibility index (Phi) is 2.28. The molecule has 1 amide bonds. The molecule has 0 aromatic heterocycles. The Labute approximate surface area is 84.5 Å². The van der Waals surface area contributed by atoms with E-state index in [9.17, 15) is 4.79 Å². The lowest BCUT2D eigenvalue weighted by atomic mass is 10.1. The van der Waals surface area contributed by atoms with Gasteiger partial charge >= 0.3 is 0 Å². The third kappa shape index (κ3) is 1.31. The van der Waals surface area contributed by atoms with Crippen molar-refractivity contribution in [2.75, 3.05) is 4.90 Å². The summed E-state index contributed by atoms with van der Waals surface area (Å²) >= 11 is 0. The summed E-state index contributed by atoms with van der Waals surface area (Å²) in [5.74, 6) is 0.224. The summed E-state index contributed by atoms with van der Waals surface area (Å²) in [4.78, 5) is 13.6. The maximum atomic E-state index is 11.7. The summed E-state index contributed by atoms with van der Waals surface area (Å²) in [6.07, 6.45) is 1.57. The molecule has 1 aliphatic heterocycles. The quantitative estimate of drug-likeness (QED) is 0.664. The second-order valence-corrected chi connectivity index (χ2v) is 3.80. The monoisotopic (exact) mass is 189 g/mol. The van der Waals surface area contributed by atoms with E-state index in [1.165, 1.54) is 5.56 Å². The van der Waals surface area contributed by atoms with E-state index in [-0.39, 0.29) is 5.91 Å². The van der Waals surface area contributed by atoms with Crippen molar-refractivity contribution in [1.29, 1.82) is 0 Å². The standard InChI is InChI=1S/C12H15NO/c1-3-12(14)13-9(2)8-10-6-4-5-7-11(10)13/h4-7,9H,3,8H2,1-2H3/t9-/m0/s1. The molecule has 0 fully saturated rings. The van der Waals surface area contributed by atoms with Crippen molar-refractivity contribution in [1.82, 2.24) is 0 Å². The number of hydrogen-bond donors (Lipinski definition) is 0. The number of rotatable bonds is 1. The molecule has 2 nitrogen and oxygen atoms in total. The lowest BCUT2D eigenvalue weighted by Crippen LogP contribution is -2.35. The summed E-state index contributed by atoms with van der Waals surface area (Å²) in [7, 11) is 0. The molecular weight excluding hydrogens is 174 g/mol. The van der Waals surface area contributed by atoms with Crippen LogP contribution in [-0.2, 0) is 11.2 Å². The number of benzene rings is 1. The van der Waals surface area contributed by atoms with Crippen LogP contribution in [0.2, 0.25) is 0 Å². The van der Waals surface area contributed by atoms with Gasteiger partial charge in [-0.05, 0) is 25.0 Å². The molecule has 0 saturated heterocycles. The smallest absolute Gasteiger partial charge is 0.226 e. The molecule has 1 aliphatic rings. The van der Waals surface area contributed by atoms with Crippen LogP contribution in [0.1, 0.15) is 25.8 Å². The van der Waals surface area contributed by atoms with E-state index in [1.807, 2.05) is 30.0 Å². The fourth-order valence-corrected chi connectivity index (χ4v) is 2.12. The molecule has 74 valence electrons. The third-order valence-electron chi connectivity index (χ3n) is 2.78. The van der Waals surface area contributed by atoms with E-state index in [4.69, 9.17) is 0 Å². The summed E-state index contributed by atoms with van der Waals surface area (Å²) in [5.41, 5.74) is 2.40. The first-order chi connectivity index (χ1) is 6.74. The van der Waals surface area contributed by atoms with Gasteiger partial charge in [0.1, 0.15) is 0 Å². The first-order valence-corrected chi connectivity index (χ1v) is 5.14. The Morgan fingerprint density at radius 3 is 2.93 bits per heavy atom. The zero-order chi connectivity index (χ0) is 10.1. The average Bonchev–Trinajstić information content (AvgIpc) is 2.53. The van der Waals surface area contributed by atoms with Crippen LogP contribution in [0.3, 0.4) is 0 Å². The molecule has 2 rings (SSSR count). The van der Waals surface area contributed by atoms with Crippen molar-refractivity contribution in [3.8, 4) is 0 Å². The Morgan fingerprint density at radius 2 is 2.21 bits per heavy atom. The third-order valence-corrected chi connectivity index (χ3v) is 2.78. The average molecular weight is 189 g/mol. The molecule has 0 radical (unpaired) electrons. The first kappa shape index (κ1) is 9.25. The maximum absolute atomic E-state index is 11.7. The number of para-hydroxylation sites is 1. The van der Waals surface area contributed by atoms with Gasteiger partial charge in [0.2, 0.25) is 5.91 Å². The van der Waals surface area contributed by atoms with E-state index in [0.717, 1.165) is 12.1 Å². The molecule has 0 saturated carbocycles. The minimum Gasteiger partial charge on any atom is -0.309 e. The van der Waals surface area contributed by atoms with Crippen molar-refractivity contribution in [2.24, 2.45) is 0 Å². The van der Waals surface area contributed by atoms with Crippen LogP contribution >= 0.6 is 0 Å².